The number of rotatable bonds is 4. The van der Waals surface area contributed by atoms with Gasteiger partial charge in [-0.05, 0) is 44.0 Å². The molecule has 1 fully saturated rings. The summed E-state index contributed by atoms with van der Waals surface area (Å²) in [6, 6.07) is 4.25. The van der Waals surface area contributed by atoms with Crippen molar-refractivity contribution in [2.45, 2.75) is 12.8 Å². The van der Waals surface area contributed by atoms with Crippen LogP contribution in [0.15, 0.2) is 18.2 Å². The lowest BCUT2D eigenvalue weighted by Crippen LogP contribution is -2.33. The Labute approximate surface area is 117 Å². The first-order valence-electron chi connectivity index (χ1n) is 6.13. The van der Waals surface area contributed by atoms with Crippen molar-refractivity contribution < 1.29 is 12.8 Å². The molecule has 1 aliphatic heterocycles. The highest BCUT2D eigenvalue weighted by atomic mass is 35.5. The number of hydrogen-bond donors (Lipinski definition) is 2. The molecular weight excluding hydrogens is 291 g/mol. The van der Waals surface area contributed by atoms with E-state index in [1.54, 1.807) is 0 Å². The second-order valence-electron chi connectivity index (χ2n) is 4.68. The minimum atomic E-state index is -3.55. The van der Waals surface area contributed by atoms with Crippen LogP contribution >= 0.6 is 11.6 Å². The van der Waals surface area contributed by atoms with Crippen LogP contribution in [0.5, 0.6) is 0 Å². The predicted octanol–water partition coefficient (Wildman–Crippen LogP) is 2.22. The standard InChI is InChI=1S/C12H16ClFN2O2S/c13-10-2-1-3-11(12(10)14)16-19(17,18)8-9-4-6-15-7-5-9/h1-3,9,15-16H,4-8H2. The minimum Gasteiger partial charge on any atom is -0.317 e. The van der Waals surface area contributed by atoms with Crippen molar-refractivity contribution in [3.05, 3.63) is 29.0 Å². The summed E-state index contributed by atoms with van der Waals surface area (Å²) in [6.45, 7) is 1.65. The molecular formula is C12H16ClFN2O2S. The Morgan fingerprint density at radius 1 is 1.37 bits per heavy atom. The Morgan fingerprint density at radius 3 is 2.74 bits per heavy atom. The summed E-state index contributed by atoms with van der Waals surface area (Å²) >= 11 is 5.62. The van der Waals surface area contributed by atoms with Gasteiger partial charge < -0.3 is 5.32 Å². The van der Waals surface area contributed by atoms with Gasteiger partial charge in [-0.1, -0.05) is 17.7 Å². The molecule has 0 unspecified atom stereocenters. The SMILES string of the molecule is O=S(=O)(CC1CCNCC1)Nc1cccc(Cl)c1F. The topological polar surface area (TPSA) is 58.2 Å². The van der Waals surface area contributed by atoms with Crippen LogP contribution in [0, 0.1) is 11.7 Å². The van der Waals surface area contributed by atoms with Crippen LogP contribution in [0.2, 0.25) is 5.02 Å². The first kappa shape index (κ1) is 14.6. The summed E-state index contributed by atoms with van der Waals surface area (Å²) in [5.41, 5.74) is -0.0959. The van der Waals surface area contributed by atoms with E-state index in [4.69, 9.17) is 11.6 Å². The molecule has 0 saturated carbocycles. The molecule has 7 heteroatoms. The highest BCUT2D eigenvalue weighted by Crippen LogP contribution is 2.24. The first-order chi connectivity index (χ1) is 8.98. The molecule has 106 valence electrons. The van der Waals surface area contributed by atoms with Gasteiger partial charge in [0.1, 0.15) is 0 Å². The van der Waals surface area contributed by atoms with E-state index in [0.29, 0.717) is 0 Å². The molecule has 0 amide bonds. The third-order valence-electron chi connectivity index (χ3n) is 3.13. The van der Waals surface area contributed by atoms with E-state index in [9.17, 15) is 12.8 Å². The summed E-state index contributed by atoms with van der Waals surface area (Å²) < 4.78 is 39.9. The molecule has 1 heterocycles. The van der Waals surface area contributed by atoms with Crippen LogP contribution in [-0.2, 0) is 10.0 Å². The normalized spacial score (nSPS) is 17.4. The van der Waals surface area contributed by atoms with E-state index in [-0.39, 0.29) is 22.4 Å². The maximum Gasteiger partial charge on any atom is 0.233 e. The largest absolute Gasteiger partial charge is 0.317 e. The lowest BCUT2D eigenvalue weighted by Gasteiger charge is -2.22. The molecule has 1 aliphatic rings. The van der Waals surface area contributed by atoms with E-state index in [0.717, 1.165) is 25.9 Å². The Kier molecular flexibility index (Phi) is 4.65. The number of benzene rings is 1. The van der Waals surface area contributed by atoms with Gasteiger partial charge in [-0.15, -0.1) is 0 Å². The van der Waals surface area contributed by atoms with Gasteiger partial charge >= 0.3 is 0 Å². The molecule has 0 spiro atoms. The van der Waals surface area contributed by atoms with Gasteiger partial charge in [0, 0.05) is 0 Å². The van der Waals surface area contributed by atoms with Crippen molar-refractivity contribution in [3.8, 4) is 0 Å². The average Bonchev–Trinajstić information content (AvgIpc) is 2.35. The number of anilines is 1. The summed E-state index contributed by atoms with van der Waals surface area (Å²) in [7, 11) is -3.55. The average molecular weight is 307 g/mol. The van der Waals surface area contributed by atoms with Crippen molar-refractivity contribution in [2.24, 2.45) is 5.92 Å². The zero-order valence-corrected chi connectivity index (χ0v) is 11.9. The van der Waals surface area contributed by atoms with Crippen LogP contribution in [0.4, 0.5) is 10.1 Å². The van der Waals surface area contributed by atoms with E-state index < -0.39 is 15.8 Å². The second kappa shape index (κ2) is 6.07. The maximum atomic E-state index is 13.6. The van der Waals surface area contributed by atoms with Gasteiger partial charge in [-0.25, -0.2) is 12.8 Å². The lowest BCUT2D eigenvalue weighted by atomic mass is 10.0. The van der Waals surface area contributed by atoms with Gasteiger partial charge in [0.25, 0.3) is 0 Å². The third-order valence-corrected chi connectivity index (χ3v) is 4.86. The van der Waals surface area contributed by atoms with Crippen molar-refractivity contribution in [2.75, 3.05) is 23.6 Å². The monoisotopic (exact) mass is 306 g/mol. The third kappa shape index (κ3) is 4.06. The molecule has 4 nitrogen and oxygen atoms in total. The van der Waals surface area contributed by atoms with Gasteiger partial charge in [0.15, 0.2) is 5.82 Å². The fourth-order valence-electron chi connectivity index (χ4n) is 2.15. The van der Waals surface area contributed by atoms with Crippen molar-refractivity contribution in [3.63, 3.8) is 0 Å². The van der Waals surface area contributed by atoms with Crippen LogP contribution < -0.4 is 10.0 Å². The van der Waals surface area contributed by atoms with Gasteiger partial charge in [0.05, 0.1) is 16.5 Å². The molecule has 1 aromatic rings. The Hall–Kier alpha value is -0.850. The van der Waals surface area contributed by atoms with Crippen molar-refractivity contribution in [1.82, 2.24) is 5.32 Å². The summed E-state index contributed by atoms with van der Waals surface area (Å²) in [6.07, 6.45) is 1.64. The molecule has 0 aromatic heterocycles. The lowest BCUT2D eigenvalue weighted by molar-refractivity contribution is 0.402. The van der Waals surface area contributed by atoms with Gasteiger partial charge in [-0.2, -0.15) is 0 Å². The number of hydrogen-bond acceptors (Lipinski definition) is 3. The highest BCUT2D eigenvalue weighted by molar-refractivity contribution is 7.92. The maximum absolute atomic E-state index is 13.6. The van der Waals surface area contributed by atoms with E-state index in [1.165, 1.54) is 18.2 Å². The quantitative estimate of drug-likeness (QED) is 0.897. The zero-order valence-electron chi connectivity index (χ0n) is 10.3. The van der Waals surface area contributed by atoms with Gasteiger partial charge in [0.2, 0.25) is 10.0 Å². The number of halogens is 2. The van der Waals surface area contributed by atoms with Crippen LogP contribution in [0.3, 0.4) is 0 Å². The first-order valence-corrected chi connectivity index (χ1v) is 8.16. The molecule has 1 saturated heterocycles. The van der Waals surface area contributed by atoms with Crippen LogP contribution in [0.1, 0.15) is 12.8 Å². The van der Waals surface area contributed by atoms with E-state index >= 15 is 0 Å². The van der Waals surface area contributed by atoms with Crippen molar-refractivity contribution in [1.29, 1.82) is 0 Å². The molecule has 0 bridgehead atoms. The molecule has 0 aliphatic carbocycles. The number of sulfonamides is 1. The predicted molar refractivity (Wildman–Crippen MR) is 74.4 cm³/mol. The van der Waals surface area contributed by atoms with Crippen LogP contribution in [0.25, 0.3) is 0 Å². The van der Waals surface area contributed by atoms with E-state index in [2.05, 4.69) is 10.0 Å². The second-order valence-corrected chi connectivity index (χ2v) is 6.85. The van der Waals surface area contributed by atoms with Crippen molar-refractivity contribution >= 4 is 27.3 Å². The molecule has 19 heavy (non-hydrogen) atoms. The molecule has 2 N–H and O–H groups in total. The molecule has 0 atom stereocenters. The minimum absolute atomic E-state index is 0.0145. The molecule has 2 rings (SSSR count). The fraction of sp³-hybridized carbons (Fsp3) is 0.500. The summed E-state index contributed by atoms with van der Waals surface area (Å²) in [4.78, 5) is 0. The smallest absolute Gasteiger partial charge is 0.233 e. The highest BCUT2D eigenvalue weighted by Gasteiger charge is 2.22. The molecule has 1 aromatic carbocycles. The molecule has 0 radical (unpaired) electrons. The summed E-state index contributed by atoms with van der Waals surface area (Å²) in [5.74, 6) is -0.611. The number of piperidine rings is 1. The summed E-state index contributed by atoms with van der Waals surface area (Å²) in [5, 5.41) is 3.08. The van der Waals surface area contributed by atoms with E-state index in [1.807, 2.05) is 0 Å². The fourth-order valence-corrected chi connectivity index (χ4v) is 3.86. The Balaban J connectivity index is 2.06. The Morgan fingerprint density at radius 2 is 2.05 bits per heavy atom. The van der Waals surface area contributed by atoms with Crippen LogP contribution in [-0.4, -0.2) is 27.3 Å². The van der Waals surface area contributed by atoms with Gasteiger partial charge in [-0.3, -0.25) is 4.72 Å². The number of nitrogens with one attached hydrogen (secondary N) is 2. The Bertz CT molecular complexity index is 545. The zero-order chi connectivity index (χ0) is 13.9.